The van der Waals surface area contributed by atoms with Crippen molar-refractivity contribution in [3.8, 4) is 5.75 Å². The fourth-order valence-electron chi connectivity index (χ4n) is 3.70. The highest BCUT2D eigenvalue weighted by atomic mass is 35.5. The lowest BCUT2D eigenvalue weighted by atomic mass is 9.77. The van der Waals surface area contributed by atoms with Crippen molar-refractivity contribution in [2.24, 2.45) is 5.92 Å². The summed E-state index contributed by atoms with van der Waals surface area (Å²) in [5.41, 5.74) is 3.83. The third-order valence-corrected chi connectivity index (χ3v) is 5.05. The first-order valence-electron chi connectivity index (χ1n) is 7.63. The molecule has 3 heteroatoms. The third-order valence-electron chi connectivity index (χ3n) is 4.80. The summed E-state index contributed by atoms with van der Waals surface area (Å²) < 4.78 is 5.39. The fourth-order valence-corrected chi connectivity index (χ4v) is 3.83. The summed E-state index contributed by atoms with van der Waals surface area (Å²) in [5.74, 6) is 1.91. The zero-order chi connectivity index (χ0) is 15.1. The molecule has 22 heavy (non-hydrogen) atoms. The topological polar surface area (TPSA) is 21.3 Å². The van der Waals surface area contributed by atoms with Crippen molar-refractivity contribution in [1.82, 2.24) is 0 Å². The molecule has 2 nitrogen and oxygen atoms in total. The Bertz CT molecular complexity index is 723. The Morgan fingerprint density at radius 3 is 2.73 bits per heavy atom. The van der Waals surface area contributed by atoms with Gasteiger partial charge in [0, 0.05) is 16.6 Å². The molecule has 0 fully saturated rings. The van der Waals surface area contributed by atoms with Crippen molar-refractivity contribution >= 4 is 17.3 Å². The Balaban J connectivity index is 1.76. The van der Waals surface area contributed by atoms with Gasteiger partial charge in [-0.1, -0.05) is 35.9 Å². The Morgan fingerprint density at radius 1 is 1.14 bits per heavy atom. The van der Waals surface area contributed by atoms with Crippen LogP contribution in [-0.2, 0) is 0 Å². The van der Waals surface area contributed by atoms with Crippen LogP contribution < -0.4 is 10.1 Å². The van der Waals surface area contributed by atoms with Crippen molar-refractivity contribution in [3.05, 3.63) is 70.8 Å². The van der Waals surface area contributed by atoms with E-state index < -0.39 is 0 Å². The van der Waals surface area contributed by atoms with E-state index in [-0.39, 0.29) is 0 Å². The number of halogens is 1. The monoisotopic (exact) mass is 311 g/mol. The Labute approximate surface area is 135 Å². The minimum absolute atomic E-state index is 0.318. The van der Waals surface area contributed by atoms with Gasteiger partial charge in [0.1, 0.15) is 5.75 Å². The highest BCUT2D eigenvalue weighted by molar-refractivity contribution is 6.30. The lowest BCUT2D eigenvalue weighted by Crippen LogP contribution is -2.29. The number of ether oxygens (including phenoxy) is 1. The van der Waals surface area contributed by atoms with Crippen molar-refractivity contribution < 1.29 is 4.74 Å². The first-order chi connectivity index (χ1) is 10.8. The number of hydrogen-bond acceptors (Lipinski definition) is 2. The van der Waals surface area contributed by atoms with E-state index in [1.807, 2.05) is 18.2 Å². The largest absolute Gasteiger partial charge is 0.497 e. The number of anilines is 1. The fraction of sp³-hybridized carbons (Fsp3) is 0.263. The van der Waals surface area contributed by atoms with Gasteiger partial charge in [-0.15, -0.1) is 0 Å². The second-order valence-corrected chi connectivity index (χ2v) is 6.42. The maximum Gasteiger partial charge on any atom is 0.119 e. The molecule has 3 atom stereocenters. The molecule has 1 aliphatic carbocycles. The smallest absolute Gasteiger partial charge is 0.119 e. The van der Waals surface area contributed by atoms with Crippen LogP contribution in [0.15, 0.2) is 54.6 Å². The Morgan fingerprint density at radius 2 is 1.95 bits per heavy atom. The summed E-state index contributed by atoms with van der Waals surface area (Å²) in [6, 6.07) is 14.8. The van der Waals surface area contributed by atoms with E-state index in [2.05, 4.69) is 41.7 Å². The molecule has 1 N–H and O–H groups in total. The molecule has 0 amide bonds. The third kappa shape index (κ3) is 2.19. The first kappa shape index (κ1) is 13.7. The Kier molecular flexibility index (Phi) is 3.34. The second-order valence-electron chi connectivity index (χ2n) is 5.98. The average molecular weight is 312 g/mol. The molecule has 0 spiro atoms. The van der Waals surface area contributed by atoms with Crippen LogP contribution in [0.5, 0.6) is 5.75 Å². The molecule has 2 aliphatic rings. The molecule has 0 bridgehead atoms. The van der Waals surface area contributed by atoms with Gasteiger partial charge in [-0.2, -0.15) is 0 Å². The maximum absolute atomic E-state index is 6.03. The summed E-state index contributed by atoms with van der Waals surface area (Å²) in [7, 11) is 1.72. The normalized spacial score (nSPS) is 25.3. The number of rotatable bonds is 2. The average Bonchev–Trinajstić information content (AvgIpc) is 3.04. The van der Waals surface area contributed by atoms with Crippen molar-refractivity contribution in [1.29, 1.82) is 0 Å². The number of methoxy groups -OCH3 is 1. The quantitative estimate of drug-likeness (QED) is 0.772. The molecule has 0 aromatic heterocycles. The molecule has 112 valence electrons. The van der Waals surface area contributed by atoms with E-state index in [0.717, 1.165) is 17.2 Å². The molecule has 2 aromatic carbocycles. The van der Waals surface area contributed by atoms with Crippen molar-refractivity contribution in [2.45, 2.75) is 18.4 Å². The molecule has 0 saturated heterocycles. The molecule has 0 saturated carbocycles. The molecular formula is C19H18ClNO. The van der Waals surface area contributed by atoms with E-state index in [0.29, 0.717) is 17.9 Å². The zero-order valence-electron chi connectivity index (χ0n) is 12.4. The number of fused-ring (bicyclic) bond motifs is 3. The van der Waals surface area contributed by atoms with Gasteiger partial charge in [0.15, 0.2) is 0 Å². The van der Waals surface area contributed by atoms with Gasteiger partial charge in [0.2, 0.25) is 0 Å². The first-order valence-corrected chi connectivity index (χ1v) is 8.00. The van der Waals surface area contributed by atoms with E-state index in [1.54, 1.807) is 7.11 Å². The van der Waals surface area contributed by atoms with E-state index in [9.17, 15) is 0 Å². The van der Waals surface area contributed by atoms with E-state index in [1.165, 1.54) is 16.8 Å². The molecule has 0 radical (unpaired) electrons. The minimum atomic E-state index is 0.318. The molecule has 2 aromatic rings. The maximum atomic E-state index is 6.03. The van der Waals surface area contributed by atoms with Crippen LogP contribution in [0.3, 0.4) is 0 Å². The summed E-state index contributed by atoms with van der Waals surface area (Å²) in [6.45, 7) is 0. The van der Waals surface area contributed by atoms with Crippen LogP contribution in [0.1, 0.15) is 29.5 Å². The summed E-state index contributed by atoms with van der Waals surface area (Å²) in [6.07, 6.45) is 5.74. The molecule has 3 unspecified atom stereocenters. The number of nitrogens with one attached hydrogen (secondary N) is 1. The molecule has 1 heterocycles. The standard InChI is InChI=1S/C19H18ClNO/c1-22-14-9-10-18-17(11-14)15-3-2-4-16(15)19(21-18)12-5-7-13(20)8-6-12/h2-3,5-11,15-16,19,21H,4H2,1H3. The van der Waals surface area contributed by atoms with Gasteiger partial charge in [0.05, 0.1) is 13.2 Å². The lowest BCUT2D eigenvalue weighted by Gasteiger charge is -2.37. The van der Waals surface area contributed by atoms with Crippen molar-refractivity contribution in [3.63, 3.8) is 0 Å². The predicted octanol–water partition coefficient (Wildman–Crippen LogP) is 5.18. The summed E-state index contributed by atoms with van der Waals surface area (Å²) in [4.78, 5) is 0. The highest BCUT2D eigenvalue weighted by Crippen LogP contribution is 2.50. The van der Waals surface area contributed by atoms with Gasteiger partial charge in [-0.25, -0.2) is 0 Å². The second kappa shape index (κ2) is 5.36. The van der Waals surface area contributed by atoms with Crippen LogP contribution in [0.4, 0.5) is 5.69 Å². The van der Waals surface area contributed by atoms with Crippen LogP contribution in [0.25, 0.3) is 0 Å². The Hall–Kier alpha value is -1.93. The summed E-state index contributed by atoms with van der Waals surface area (Å²) >= 11 is 6.03. The summed E-state index contributed by atoms with van der Waals surface area (Å²) in [5, 5.41) is 4.50. The van der Waals surface area contributed by atoms with Crippen molar-refractivity contribution in [2.75, 3.05) is 12.4 Å². The highest BCUT2D eigenvalue weighted by Gasteiger charge is 2.37. The van der Waals surface area contributed by atoms with Crippen LogP contribution in [0, 0.1) is 5.92 Å². The van der Waals surface area contributed by atoms with Crippen LogP contribution >= 0.6 is 11.6 Å². The van der Waals surface area contributed by atoms with Gasteiger partial charge in [-0.3, -0.25) is 0 Å². The molecule has 1 aliphatic heterocycles. The minimum Gasteiger partial charge on any atom is -0.497 e. The zero-order valence-corrected chi connectivity index (χ0v) is 13.2. The number of hydrogen-bond donors (Lipinski definition) is 1. The number of allylic oxidation sites excluding steroid dienone is 2. The van der Waals surface area contributed by atoms with E-state index >= 15 is 0 Å². The number of benzene rings is 2. The van der Waals surface area contributed by atoms with Gasteiger partial charge in [-0.05, 0) is 53.8 Å². The van der Waals surface area contributed by atoms with Gasteiger partial charge in [0.25, 0.3) is 0 Å². The SMILES string of the molecule is COc1ccc2c(c1)C1C=CCC1C(c1ccc(Cl)cc1)N2. The molecule has 4 rings (SSSR count). The van der Waals surface area contributed by atoms with Crippen LogP contribution in [-0.4, -0.2) is 7.11 Å². The van der Waals surface area contributed by atoms with Gasteiger partial charge < -0.3 is 10.1 Å². The van der Waals surface area contributed by atoms with E-state index in [4.69, 9.17) is 16.3 Å². The predicted molar refractivity (Wildman–Crippen MR) is 90.8 cm³/mol. The van der Waals surface area contributed by atoms with Crippen LogP contribution in [0.2, 0.25) is 5.02 Å². The molecular weight excluding hydrogens is 294 g/mol. The lowest BCUT2D eigenvalue weighted by molar-refractivity contribution is 0.405. The van der Waals surface area contributed by atoms with Gasteiger partial charge >= 0.3 is 0 Å².